The van der Waals surface area contributed by atoms with E-state index >= 15 is 0 Å². The second-order valence-corrected chi connectivity index (χ2v) is 8.44. The summed E-state index contributed by atoms with van der Waals surface area (Å²) in [6.07, 6.45) is 2.78. The lowest BCUT2D eigenvalue weighted by atomic mass is 9.65. The maximum atomic E-state index is 12.2. The molecule has 2 heterocycles. The van der Waals surface area contributed by atoms with Gasteiger partial charge in [0, 0.05) is 12.0 Å². The number of nitrogens with zero attached hydrogens (tertiary/aromatic N) is 1. The average molecular weight is 384 g/mol. The molecule has 28 heavy (non-hydrogen) atoms. The van der Waals surface area contributed by atoms with E-state index in [2.05, 4.69) is 97.2 Å². The Morgan fingerprint density at radius 3 is 1.64 bits per heavy atom. The van der Waals surface area contributed by atoms with E-state index in [1.165, 1.54) is 22.3 Å². The number of hydrogen-bond donors (Lipinski definition) is 0. The summed E-state index contributed by atoms with van der Waals surface area (Å²) < 4.78 is 0. The van der Waals surface area contributed by atoms with Crippen molar-refractivity contribution in [3.05, 3.63) is 119 Å². The normalized spacial score (nSPS) is 18.9. The molecule has 1 saturated heterocycles. The summed E-state index contributed by atoms with van der Waals surface area (Å²) in [5.74, 6) is 1.13. The smallest absolute Gasteiger partial charge is 0.230 e. The predicted molar refractivity (Wildman–Crippen MR) is 115 cm³/mol. The highest BCUT2D eigenvalue weighted by Gasteiger charge is 2.45. The predicted octanol–water partition coefficient (Wildman–Crippen LogP) is 5.21. The van der Waals surface area contributed by atoms with Gasteiger partial charge in [-0.1, -0.05) is 91.0 Å². The van der Waals surface area contributed by atoms with Crippen molar-refractivity contribution in [2.45, 2.75) is 17.2 Å². The zero-order valence-corrected chi connectivity index (χ0v) is 16.3. The second-order valence-electron chi connectivity index (χ2n) is 7.27. The number of carbonyl (C=O) groups is 1. The topological polar surface area (TPSA) is 20.3 Å². The van der Waals surface area contributed by atoms with E-state index in [0.717, 1.165) is 5.75 Å². The quantitative estimate of drug-likeness (QED) is 0.455. The SMILES string of the molecule is O=C1C[C@H]2SCC(C(c3ccccc3)(c3ccccc3)c3ccccc3)=CN12. The summed E-state index contributed by atoms with van der Waals surface area (Å²) in [5.41, 5.74) is 4.52. The van der Waals surface area contributed by atoms with E-state index in [1.54, 1.807) is 0 Å². The van der Waals surface area contributed by atoms with Crippen molar-refractivity contribution >= 4 is 17.7 Å². The summed E-state index contributed by atoms with van der Waals surface area (Å²) in [4.78, 5) is 14.1. The van der Waals surface area contributed by atoms with Crippen LogP contribution < -0.4 is 0 Å². The van der Waals surface area contributed by atoms with E-state index in [0.29, 0.717) is 11.8 Å². The maximum absolute atomic E-state index is 12.2. The number of amides is 1. The molecule has 2 aliphatic heterocycles. The van der Waals surface area contributed by atoms with Crippen LogP contribution in [-0.2, 0) is 10.2 Å². The van der Waals surface area contributed by atoms with Gasteiger partial charge in [-0.15, -0.1) is 11.8 Å². The fourth-order valence-electron chi connectivity index (χ4n) is 4.41. The van der Waals surface area contributed by atoms with Gasteiger partial charge in [0.05, 0.1) is 17.2 Å². The van der Waals surface area contributed by atoms with Crippen LogP contribution in [0, 0.1) is 0 Å². The van der Waals surface area contributed by atoms with Crippen LogP contribution in [0.5, 0.6) is 0 Å². The molecule has 0 saturated carbocycles. The van der Waals surface area contributed by atoms with Crippen LogP contribution in [0.1, 0.15) is 23.1 Å². The molecule has 0 aliphatic carbocycles. The number of hydrogen-bond acceptors (Lipinski definition) is 2. The standard InChI is InChI=1S/C25H21NOS/c27-23-16-24-26(23)17-22(18-28-24)25(19-10-4-1-5-11-19,20-12-6-2-7-13-20)21-14-8-3-9-15-21/h1-15,17,24H,16,18H2/t24-/m1/s1. The van der Waals surface area contributed by atoms with Crippen molar-refractivity contribution < 1.29 is 4.79 Å². The van der Waals surface area contributed by atoms with Crippen LogP contribution in [0.2, 0.25) is 0 Å². The Kier molecular flexibility index (Phi) is 4.33. The lowest BCUT2D eigenvalue weighted by molar-refractivity contribution is -0.137. The van der Waals surface area contributed by atoms with Crippen LogP contribution in [0.15, 0.2) is 103 Å². The van der Waals surface area contributed by atoms with Gasteiger partial charge in [0.2, 0.25) is 5.91 Å². The Bertz CT molecular complexity index is 918. The molecule has 0 unspecified atom stereocenters. The molecule has 0 radical (unpaired) electrons. The second kappa shape index (κ2) is 6.99. The van der Waals surface area contributed by atoms with Gasteiger partial charge in [-0.2, -0.15) is 0 Å². The van der Waals surface area contributed by atoms with Crippen LogP contribution in [0.4, 0.5) is 0 Å². The molecule has 1 amide bonds. The van der Waals surface area contributed by atoms with E-state index in [4.69, 9.17) is 0 Å². The molecule has 3 aromatic carbocycles. The van der Waals surface area contributed by atoms with E-state index in [-0.39, 0.29) is 5.91 Å². The van der Waals surface area contributed by atoms with Gasteiger partial charge in [0.15, 0.2) is 0 Å². The third kappa shape index (κ3) is 2.61. The minimum atomic E-state index is -0.419. The van der Waals surface area contributed by atoms with E-state index in [9.17, 15) is 4.79 Å². The lowest BCUT2D eigenvalue weighted by Crippen LogP contribution is -2.51. The molecular formula is C25H21NOS. The Labute approximate surface area is 169 Å². The molecular weight excluding hydrogens is 362 g/mol. The highest BCUT2D eigenvalue weighted by Crippen LogP contribution is 2.49. The minimum absolute atomic E-state index is 0.220. The van der Waals surface area contributed by atoms with Crippen LogP contribution in [0.3, 0.4) is 0 Å². The molecule has 0 bridgehead atoms. The summed E-state index contributed by atoms with van der Waals surface area (Å²) in [6, 6.07) is 32.0. The number of carbonyl (C=O) groups excluding carboxylic acids is 1. The Morgan fingerprint density at radius 2 is 1.21 bits per heavy atom. The van der Waals surface area contributed by atoms with Gasteiger partial charge < -0.3 is 4.90 Å². The molecule has 1 atom stereocenters. The molecule has 2 aliphatic rings. The molecule has 5 rings (SSSR count). The fourth-order valence-corrected chi connectivity index (χ4v) is 5.67. The van der Waals surface area contributed by atoms with Gasteiger partial charge in [0.1, 0.15) is 0 Å². The first-order valence-corrected chi connectivity index (χ1v) is 10.7. The molecule has 0 aromatic heterocycles. The van der Waals surface area contributed by atoms with E-state index in [1.807, 2.05) is 16.7 Å². The molecule has 0 spiro atoms. The Hall–Kier alpha value is -2.78. The summed E-state index contributed by atoms with van der Waals surface area (Å²) in [5, 5.41) is 0.302. The number of benzene rings is 3. The maximum Gasteiger partial charge on any atom is 0.230 e. The molecule has 1 fully saturated rings. The van der Waals surface area contributed by atoms with Crippen molar-refractivity contribution in [3.8, 4) is 0 Å². The van der Waals surface area contributed by atoms with Gasteiger partial charge in [-0.05, 0) is 22.3 Å². The summed E-state index contributed by atoms with van der Waals surface area (Å²) in [7, 11) is 0. The zero-order chi connectivity index (χ0) is 19.0. The van der Waals surface area contributed by atoms with Crippen molar-refractivity contribution in [1.82, 2.24) is 4.90 Å². The minimum Gasteiger partial charge on any atom is -0.306 e. The number of β-lactam (4-membered cyclic amide) rings is 1. The Morgan fingerprint density at radius 1 is 0.750 bits per heavy atom. The van der Waals surface area contributed by atoms with Crippen molar-refractivity contribution in [2.75, 3.05) is 5.75 Å². The van der Waals surface area contributed by atoms with Crippen LogP contribution in [0.25, 0.3) is 0 Å². The summed E-state index contributed by atoms with van der Waals surface area (Å²) in [6.45, 7) is 0. The molecule has 0 N–H and O–H groups in total. The zero-order valence-electron chi connectivity index (χ0n) is 15.5. The highest BCUT2D eigenvalue weighted by molar-refractivity contribution is 8.00. The summed E-state index contributed by atoms with van der Waals surface area (Å²) >= 11 is 1.87. The first-order chi connectivity index (χ1) is 13.8. The molecule has 2 nitrogen and oxygen atoms in total. The van der Waals surface area contributed by atoms with Crippen LogP contribution in [-0.4, -0.2) is 21.9 Å². The molecule has 3 aromatic rings. The van der Waals surface area contributed by atoms with Crippen LogP contribution >= 0.6 is 11.8 Å². The Balaban J connectivity index is 1.82. The first-order valence-electron chi connectivity index (χ1n) is 9.60. The highest BCUT2D eigenvalue weighted by atomic mass is 32.2. The number of thioether (sulfide) groups is 1. The molecule has 3 heteroatoms. The third-order valence-corrected chi connectivity index (χ3v) is 7.03. The number of fused-ring (bicyclic) bond motifs is 1. The fraction of sp³-hybridized carbons (Fsp3) is 0.160. The largest absolute Gasteiger partial charge is 0.306 e. The molecule has 138 valence electrons. The monoisotopic (exact) mass is 383 g/mol. The van der Waals surface area contributed by atoms with Gasteiger partial charge in [-0.25, -0.2) is 0 Å². The van der Waals surface area contributed by atoms with Gasteiger partial charge in [-0.3, -0.25) is 4.79 Å². The van der Waals surface area contributed by atoms with Gasteiger partial charge in [0.25, 0.3) is 0 Å². The van der Waals surface area contributed by atoms with E-state index < -0.39 is 5.41 Å². The van der Waals surface area contributed by atoms with Crippen molar-refractivity contribution in [1.29, 1.82) is 0 Å². The lowest BCUT2D eigenvalue weighted by Gasteiger charge is -2.46. The number of rotatable bonds is 4. The first kappa shape index (κ1) is 17.3. The third-order valence-electron chi connectivity index (χ3n) is 5.78. The van der Waals surface area contributed by atoms with Gasteiger partial charge >= 0.3 is 0 Å². The van der Waals surface area contributed by atoms with Crippen molar-refractivity contribution in [3.63, 3.8) is 0 Å². The average Bonchev–Trinajstić information content (AvgIpc) is 2.77. The van der Waals surface area contributed by atoms with Crippen molar-refractivity contribution in [2.24, 2.45) is 0 Å².